The Morgan fingerprint density at radius 2 is 1.97 bits per heavy atom. The van der Waals surface area contributed by atoms with E-state index < -0.39 is 12.2 Å². The summed E-state index contributed by atoms with van der Waals surface area (Å²) in [6.45, 7) is 4.64. The van der Waals surface area contributed by atoms with Crippen molar-refractivity contribution < 1.29 is 10.2 Å². The number of para-hydroxylation sites is 1. The van der Waals surface area contributed by atoms with E-state index in [0.29, 0.717) is 18.8 Å². The molecule has 2 aromatic heterocycles. The van der Waals surface area contributed by atoms with Gasteiger partial charge in [-0.3, -0.25) is 0 Å². The summed E-state index contributed by atoms with van der Waals surface area (Å²) in [7, 11) is 0. The van der Waals surface area contributed by atoms with Crippen LogP contribution in [0.15, 0.2) is 24.3 Å². The molecule has 164 valence electrons. The molecule has 8 heteroatoms. The molecule has 0 radical (unpaired) electrons. The summed E-state index contributed by atoms with van der Waals surface area (Å²) in [6.07, 6.45) is 2.77. The van der Waals surface area contributed by atoms with Gasteiger partial charge in [-0.25, -0.2) is 9.97 Å². The van der Waals surface area contributed by atoms with Crippen LogP contribution in [0.4, 0.5) is 11.8 Å². The van der Waals surface area contributed by atoms with E-state index in [-0.39, 0.29) is 12.0 Å². The number of hydrogen-bond acceptors (Lipinski definition) is 8. The SMILES string of the molecule is Cc1nc(NCC2CC2)nc(N[C@@H]2CC(C(C)O)[C@@H](O)C2)c1-c1nc2ccccc2s1. The third-order valence-corrected chi connectivity index (χ3v) is 7.43. The number of nitrogens with one attached hydrogen (secondary N) is 2. The van der Waals surface area contributed by atoms with Crippen molar-refractivity contribution in [3.05, 3.63) is 30.0 Å². The van der Waals surface area contributed by atoms with Crippen LogP contribution in [0.3, 0.4) is 0 Å². The second kappa shape index (κ2) is 8.33. The van der Waals surface area contributed by atoms with Gasteiger partial charge >= 0.3 is 0 Å². The van der Waals surface area contributed by atoms with Gasteiger partial charge < -0.3 is 20.8 Å². The summed E-state index contributed by atoms with van der Waals surface area (Å²) < 4.78 is 1.13. The maximum absolute atomic E-state index is 10.4. The average molecular weight is 440 g/mol. The van der Waals surface area contributed by atoms with Crippen LogP contribution in [0.5, 0.6) is 0 Å². The highest BCUT2D eigenvalue weighted by atomic mass is 32.1. The Labute approximate surface area is 186 Å². The molecule has 5 rings (SSSR count). The number of rotatable bonds is 7. The first-order valence-corrected chi connectivity index (χ1v) is 11.9. The molecule has 7 nitrogen and oxygen atoms in total. The maximum Gasteiger partial charge on any atom is 0.224 e. The molecule has 2 aliphatic carbocycles. The first-order valence-electron chi connectivity index (χ1n) is 11.1. The van der Waals surface area contributed by atoms with Crippen molar-refractivity contribution in [3.63, 3.8) is 0 Å². The van der Waals surface area contributed by atoms with Crippen LogP contribution in [0.1, 0.15) is 38.3 Å². The molecule has 4 N–H and O–H groups in total. The van der Waals surface area contributed by atoms with E-state index in [1.54, 1.807) is 18.3 Å². The Balaban J connectivity index is 1.49. The molecular formula is C23H29N5O2S. The summed E-state index contributed by atoms with van der Waals surface area (Å²) in [5.74, 6) is 1.97. The average Bonchev–Trinajstić information content (AvgIpc) is 3.34. The lowest BCUT2D eigenvalue weighted by Gasteiger charge is -2.19. The van der Waals surface area contributed by atoms with Crippen molar-refractivity contribution in [2.24, 2.45) is 11.8 Å². The molecular weight excluding hydrogens is 410 g/mol. The van der Waals surface area contributed by atoms with Crippen molar-refractivity contribution >= 4 is 33.3 Å². The Morgan fingerprint density at radius 1 is 1.16 bits per heavy atom. The zero-order valence-electron chi connectivity index (χ0n) is 17.9. The molecule has 2 unspecified atom stereocenters. The van der Waals surface area contributed by atoms with Gasteiger partial charge in [0.1, 0.15) is 10.8 Å². The molecule has 1 aromatic carbocycles. The summed E-state index contributed by atoms with van der Waals surface area (Å²) in [5, 5.41) is 28.2. The van der Waals surface area contributed by atoms with Crippen molar-refractivity contribution in [3.8, 4) is 10.6 Å². The summed E-state index contributed by atoms with van der Waals surface area (Å²) >= 11 is 1.64. The molecule has 0 spiro atoms. The van der Waals surface area contributed by atoms with Gasteiger partial charge in [0.2, 0.25) is 5.95 Å². The lowest BCUT2D eigenvalue weighted by atomic mass is 10.00. The van der Waals surface area contributed by atoms with Crippen LogP contribution in [0, 0.1) is 18.8 Å². The molecule has 3 aromatic rings. The van der Waals surface area contributed by atoms with E-state index in [9.17, 15) is 10.2 Å². The molecule has 0 aliphatic heterocycles. The first kappa shape index (κ1) is 20.6. The lowest BCUT2D eigenvalue weighted by molar-refractivity contribution is 0.0420. The number of aromatic nitrogens is 3. The second-order valence-corrected chi connectivity index (χ2v) is 9.98. The standard InChI is InChI=1S/C23H29N5O2S/c1-12-20(22-27-17-5-3-4-6-19(17)31-22)21(28-23(25-12)24-11-14-7-8-14)26-15-9-16(13(2)29)18(30)10-15/h3-6,13-16,18,29-30H,7-11H2,1-2H3,(H2,24,25,26,28)/t13?,15-,16?,18+/m1/s1. The number of nitrogens with zero attached hydrogens (tertiary/aromatic N) is 3. The zero-order chi connectivity index (χ0) is 21.5. The molecule has 0 saturated heterocycles. The van der Waals surface area contributed by atoms with Gasteiger partial charge in [-0.05, 0) is 57.6 Å². The minimum absolute atomic E-state index is 0.0355. The second-order valence-electron chi connectivity index (χ2n) is 8.95. The predicted octanol–water partition coefficient (Wildman–Crippen LogP) is 3.82. The van der Waals surface area contributed by atoms with Crippen LogP contribution in [-0.4, -0.2) is 50.0 Å². The number of aliphatic hydroxyl groups is 2. The van der Waals surface area contributed by atoms with E-state index in [0.717, 1.165) is 44.8 Å². The normalized spacial score (nSPS) is 24.5. The van der Waals surface area contributed by atoms with Crippen LogP contribution in [-0.2, 0) is 0 Å². The van der Waals surface area contributed by atoms with E-state index >= 15 is 0 Å². The number of hydrogen-bond donors (Lipinski definition) is 4. The summed E-state index contributed by atoms with van der Waals surface area (Å²) in [5.41, 5.74) is 2.75. The third kappa shape index (κ3) is 4.37. The van der Waals surface area contributed by atoms with E-state index in [2.05, 4.69) is 16.7 Å². The monoisotopic (exact) mass is 439 g/mol. The van der Waals surface area contributed by atoms with E-state index in [4.69, 9.17) is 15.0 Å². The van der Waals surface area contributed by atoms with Gasteiger partial charge in [0.05, 0.1) is 33.7 Å². The Morgan fingerprint density at radius 3 is 2.68 bits per heavy atom. The fourth-order valence-electron chi connectivity index (χ4n) is 4.43. The van der Waals surface area contributed by atoms with Gasteiger partial charge in [-0.15, -0.1) is 11.3 Å². The summed E-state index contributed by atoms with van der Waals surface area (Å²) in [6, 6.07) is 8.15. The molecule has 2 heterocycles. The van der Waals surface area contributed by atoms with Crippen LogP contribution in [0.2, 0.25) is 0 Å². The Hall–Kier alpha value is -2.29. The fraction of sp³-hybridized carbons (Fsp3) is 0.522. The number of benzene rings is 1. The van der Waals surface area contributed by atoms with Gasteiger partial charge in [0.25, 0.3) is 0 Å². The molecule has 0 bridgehead atoms. The molecule has 2 saturated carbocycles. The summed E-state index contributed by atoms with van der Waals surface area (Å²) in [4.78, 5) is 14.4. The van der Waals surface area contributed by atoms with E-state index in [1.807, 2.05) is 25.1 Å². The lowest BCUT2D eigenvalue weighted by Crippen LogP contribution is -2.24. The Bertz CT molecular complexity index is 1050. The topological polar surface area (TPSA) is 103 Å². The highest BCUT2D eigenvalue weighted by molar-refractivity contribution is 7.21. The largest absolute Gasteiger partial charge is 0.393 e. The van der Waals surface area contributed by atoms with Crippen LogP contribution >= 0.6 is 11.3 Å². The predicted molar refractivity (Wildman–Crippen MR) is 124 cm³/mol. The van der Waals surface area contributed by atoms with Crippen molar-refractivity contribution in [2.75, 3.05) is 17.2 Å². The highest BCUT2D eigenvalue weighted by Crippen LogP contribution is 2.38. The first-order chi connectivity index (χ1) is 15.0. The molecule has 31 heavy (non-hydrogen) atoms. The number of thiazole rings is 1. The zero-order valence-corrected chi connectivity index (χ0v) is 18.7. The van der Waals surface area contributed by atoms with E-state index in [1.165, 1.54) is 12.8 Å². The van der Waals surface area contributed by atoms with Gasteiger partial charge in [0.15, 0.2) is 0 Å². The number of aryl methyl sites for hydroxylation is 1. The van der Waals surface area contributed by atoms with Gasteiger partial charge in [-0.1, -0.05) is 12.1 Å². The minimum Gasteiger partial charge on any atom is -0.393 e. The minimum atomic E-state index is -0.534. The fourth-order valence-corrected chi connectivity index (χ4v) is 5.49. The number of fused-ring (bicyclic) bond motifs is 1. The molecule has 4 atom stereocenters. The molecule has 2 aliphatic rings. The van der Waals surface area contributed by atoms with Gasteiger partial charge in [0, 0.05) is 18.5 Å². The van der Waals surface area contributed by atoms with Crippen LogP contribution < -0.4 is 10.6 Å². The third-order valence-electron chi connectivity index (χ3n) is 6.38. The van der Waals surface area contributed by atoms with Crippen molar-refractivity contribution in [1.82, 2.24) is 15.0 Å². The van der Waals surface area contributed by atoms with Gasteiger partial charge in [-0.2, -0.15) is 4.98 Å². The molecule has 2 fully saturated rings. The maximum atomic E-state index is 10.4. The Kier molecular flexibility index (Phi) is 5.54. The molecule has 0 amide bonds. The number of anilines is 2. The van der Waals surface area contributed by atoms with Crippen molar-refractivity contribution in [2.45, 2.75) is 57.8 Å². The van der Waals surface area contributed by atoms with Crippen molar-refractivity contribution in [1.29, 1.82) is 0 Å². The quantitative estimate of drug-likeness (QED) is 0.444. The van der Waals surface area contributed by atoms with Crippen LogP contribution in [0.25, 0.3) is 20.8 Å². The highest BCUT2D eigenvalue weighted by Gasteiger charge is 2.36. The smallest absolute Gasteiger partial charge is 0.224 e. The number of aliphatic hydroxyl groups excluding tert-OH is 2.